The monoisotopic (exact) mass is 479 g/mol. The number of nitrogens with zero attached hydrogens (tertiary/aromatic N) is 1. The number of fused-ring (bicyclic) bond motifs is 3. The predicted molar refractivity (Wildman–Crippen MR) is 132 cm³/mol. The number of rotatable bonds is 10. The molecular formula is C27H33N3O5. The van der Waals surface area contributed by atoms with E-state index in [-0.39, 0.29) is 30.9 Å². The number of nitrogens with one attached hydrogen (secondary N) is 2. The van der Waals surface area contributed by atoms with Crippen molar-refractivity contribution < 1.29 is 24.2 Å². The summed E-state index contributed by atoms with van der Waals surface area (Å²) in [7, 11) is 3.53. The summed E-state index contributed by atoms with van der Waals surface area (Å²) in [5.41, 5.74) is 4.74. The average Bonchev–Trinajstić information content (AvgIpc) is 3.12. The molecule has 0 aliphatic heterocycles. The Balaban J connectivity index is 1.17. The maximum Gasteiger partial charge on any atom is 0.407 e. The third-order valence-electron chi connectivity index (χ3n) is 6.87. The Kier molecular flexibility index (Phi) is 7.70. The molecule has 4 rings (SSSR count). The second-order valence-electron chi connectivity index (χ2n) is 9.83. The van der Waals surface area contributed by atoms with Gasteiger partial charge < -0.3 is 25.4 Å². The lowest BCUT2D eigenvalue weighted by Gasteiger charge is -2.35. The molecule has 1 saturated carbocycles. The smallest absolute Gasteiger partial charge is 0.407 e. The number of ether oxygens (including phenoxy) is 1. The number of hydrogen-bond acceptors (Lipinski definition) is 5. The fourth-order valence-electron chi connectivity index (χ4n) is 5.15. The second kappa shape index (κ2) is 10.9. The largest absolute Gasteiger partial charge is 0.480 e. The minimum Gasteiger partial charge on any atom is -0.480 e. The van der Waals surface area contributed by atoms with Crippen LogP contribution in [0.15, 0.2) is 48.5 Å². The number of benzene rings is 2. The zero-order valence-corrected chi connectivity index (χ0v) is 20.2. The van der Waals surface area contributed by atoms with Gasteiger partial charge in [0.25, 0.3) is 0 Å². The van der Waals surface area contributed by atoms with Crippen molar-refractivity contribution in [3.8, 4) is 11.1 Å². The van der Waals surface area contributed by atoms with Crippen LogP contribution in [0.1, 0.15) is 36.3 Å². The summed E-state index contributed by atoms with van der Waals surface area (Å²) in [6, 6.07) is 15.5. The van der Waals surface area contributed by atoms with E-state index in [1.165, 1.54) is 22.3 Å². The molecule has 186 valence electrons. The molecule has 2 aliphatic rings. The van der Waals surface area contributed by atoms with Gasteiger partial charge in [-0.15, -0.1) is 0 Å². The third-order valence-corrected chi connectivity index (χ3v) is 6.87. The van der Waals surface area contributed by atoms with E-state index in [0.717, 1.165) is 12.8 Å². The number of carboxylic acid groups (broad SMARTS) is 1. The highest BCUT2D eigenvalue weighted by Gasteiger charge is 2.33. The van der Waals surface area contributed by atoms with Crippen molar-refractivity contribution in [2.75, 3.05) is 33.8 Å². The molecular weight excluding hydrogens is 446 g/mol. The summed E-state index contributed by atoms with van der Waals surface area (Å²) in [6.45, 7) is 1.04. The van der Waals surface area contributed by atoms with Gasteiger partial charge in [-0.05, 0) is 61.0 Å². The maximum absolute atomic E-state index is 12.3. The maximum atomic E-state index is 12.3. The van der Waals surface area contributed by atoms with Gasteiger partial charge in [0.2, 0.25) is 5.91 Å². The van der Waals surface area contributed by atoms with E-state index >= 15 is 0 Å². The number of carboxylic acids is 1. The lowest BCUT2D eigenvalue weighted by atomic mass is 9.73. The van der Waals surface area contributed by atoms with Crippen molar-refractivity contribution in [3.05, 3.63) is 59.7 Å². The van der Waals surface area contributed by atoms with E-state index in [9.17, 15) is 19.5 Å². The van der Waals surface area contributed by atoms with Crippen LogP contribution in [0.4, 0.5) is 4.79 Å². The van der Waals surface area contributed by atoms with E-state index < -0.39 is 18.1 Å². The average molecular weight is 480 g/mol. The Morgan fingerprint density at radius 3 is 2.17 bits per heavy atom. The van der Waals surface area contributed by atoms with Crippen LogP contribution in [0.2, 0.25) is 0 Å². The summed E-state index contributed by atoms with van der Waals surface area (Å²) in [5, 5.41) is 14.7. The van der Waals surface area contributed by atoms with Gasteiger partial charge in [-0.25, -0.2) is 9.59 Å². The standard InChI is InChI=1S/C27H33N3O5/c1-30(2)15-24(26(32)33)29-25(31)13-17-11-18(12-17)14-28-27(34)35-16-23-21-9-5-3-7-19(21)20-8-4-6-10-22(20)23/h3-10,17-18,23-24H,11-16H2,1-2H3,(H,28,34)(H,29,31)(H,32,33)/t17?,18?,24-/m0/s1. The number of alkyl carbamates (subject to hydrolysis) is 1. The van der Waals surface area contributed by atoms with Gasteiger partial charge in [-0.1, -0.05) is 48.5 Å². The molecule has 0 heterocycles. The van der Waals surface area contributed by atoms with Crippen molar-refractivity contribution in [1.29, 1.82) is 0 Å². The minimum absolute atomic E-state index is 0.0295. The molecule has 2 aromatic carbocycles. The third kappa shape index (κ3) is 6.00. The normalized spacial score (nSPS) is 19.3. The second-order valence-corrected chi connectivity index (χ2v) is 9.83. The molecule has 2 aromatic rings. The Morgan fingerprint density at radius 1 is 1.00 bits per heavy atom. The number of hydrogen-bond donors (Lipinski definition) is 3. The summed E-state index contributed by atoms with van der Waals surface area (Å²) >= 11 is 0. The number of carbonyl (C=O) groups is 3. The number of amides is 2. The molecule has 0 radical (unpaired) electrons. The minimum atomic E-state index is -1.04. The lowest BCUT2D eigenvalue weighted by molar-refractivity contribution is -0.142. The molecule has 2 aliphatic carbocycles. The summed E-state index contributed by atoms with van der Waals surface area (Å²) in [6.07, 6.45) is 1.52. The molecule has 0 bridgehead atoms. The summed E-state index contributed by atoms with van der Waals surface area (Å²) in [5.74, 6) is -0.747. The first-order chi connectivity index (χ1) is 16.8. The Morgan fingerprint density at radius 2 is 1.60 bits per heavy atom. The van der Waals surface area contributed by atoms with Gasteiger partial charge >= 0.3 is 12.1 Å². The molecule has 35 heavy (non-hydrogen) atoms. The Hall–Kier alpha value is -3.39. The summed E-state index contributed by atoms with van der Waals surface area (Å²) in [4.78, 5) is 37.6. The van der Waals surface area contributed by atoms with Gasteiger partial charge in [0.1, 0.15) is 12.6 Å². The van der Waals surface area contributed by atoms with Crippen LogP contribution < -0.4 is 10.6 Å². The van der Waals surface area contributed by atoms with Gasteiger partial charge in [0, 0.05) is 25.4 Å². The Bertz CT molecular complexity index is 1030. The molecule has 0 unspecified atom stereocenters. The van der Waals surface area contributed by atoms with Crippen LogP contribution in [0.25, 0.3) is 11.1 Å². The van der Waals surface area contributed by atoms with Crippen molar-refractivity contribution in [3.63, 3.8) is 0 Å². The van der Waals surface area contributed by atoms with Crippen LogP contribution in [-0.4, -0.2) is 67.8 Å². The molecule has 0 spiro atoms. The van der Waals surface area contributed by atoms with Crippen molar-refractivity contribution in [1.82, 2.24) is 15.5 Å². The van der Waals surface area contributed by atoms with Gasteiger partial charge in [-0.2, -0.15) is 0 Å². The van der Waals surface area contributed by atoms with Crippen molar-refractivity contribution in [2.45, 2.75) is 31.2 Å². The first-order valence-corrected chi connectivity index (χ1v) is 12.1. The zero-order chi connectivity index (χ0) is 24.9. The molecule has 8 heteroatoms. The fraction of sp³-hybridized carbons (Fsp3) is 0.444. The Labute approximate surface area is 205 Å². The highest BCUT2D eigenvalue weighted by molar-refractivity contribution is 5.84. The van der Waals surface area contributed by atoms with Gasteiger partial charge in [0.05, 0.1) is 0 Å². The van der Waals surface area contributed by atoms with Crippen LogP contribution in [0.5, 0.6) is 0 Å². The topological polar surface area (TPSA) is 108 Å². The molecule has 3 N–H and O–H groups in total. The summed E-state index contributed by atoms with van der Waals surface area (Å²) < 4.78 is 5.57. The number of aliphatic carboxylic acids is 1. The molecule has 8 nitrogen and oxygen atoms in total. The lowest BCUT2D eigenvalue weighted by Crippen LogP contribution is -2.48. The van der Waals surface area contributed by atoms with E-state index in [1.54, 1.807) is 19.0 Å². The SMILES string of the molecule is CN(C)C[C@H](NC(=O)CC1CC(CNC(=O)OCC2c3ccccc3-c3ccccc32)C1)C(=O)O. The number of likely N-dealkylation sites (N-methyl/N-ethyl adjacent to an activating group) is 1. The first-order valence-electron chi connectivity index (χ1n) is 12.1. The molecule has 1 atom stereocenters. The van der Waals surface area contributed by atoms with Crippen LogP contribution in [0.3, 0.4) is 0 Å². The molecule has 0 aromatic heterocycles. The van der Waals surface area contributed by atoms with E-state index in [2.05, 4.69) is 34.9 Å². The van der Waals surface area contributed by atoms with Crippen LogP contribution in [-0.2, 0) is 14.3 Å². The van der Waals surface area contributed by atoms with E-state index in [0.29, 0.717) is 18.9 Å². The van der Waals surface area contributed by atoms with Crippen molar-refractivity contribution in [2.24, 2.45) is 11.8 Å². The molecule has 1 fully saturated rings. The number of carbonyl (C=O) groups excluding carboxylic acids is 2. The van der Waals surface area contributed by atoms with Gasteiger partial charge in [0.15, 0.2) is 0 Å². The van der Waals surface area contributed by atoms with Crippen LogP contribution in [0, 0.1) is 11.8 Å². The molecule has 0 saturated heterocycles. The molecule has 2 amide bonds. The fourth-order valence-corrected chi connectivity index (χ4v) is 5.15. The van der Waals surface area contributed by atoms with Gasteiger partial charge in [-0.3, -0.25) is 4.79 Å². The zero-order valence-electron chi connectivity index (χ0n) is 20.2. The van der Waals surface area contributed by atoms with E-state index in [4.69, 9.17) is 4.74 Å². The van der Waals surface area contributed by atoms with Crippen molar-refractivity contribution >= 4 is 18.0 Å². The predicted octanol–water partition coefficient (Wildman–Crippen LogP) is 3.07. The highest BCUT2D eigenvalue weighted by atomic mass is 16.5. The highest BCUT2D eigenvalue weighted by Crippen LogP contribution is 2.44. The quantitative estimate of drug-likeness (QED) is 0.483. The first kappa shape index (κ1) is 24.7. The van der Waals surface area contributed by atoms with Crippen LogP contribution >= 0.6 is 0 Å². The van der Waals surface area contributed by atoms with E-state index in [1.807, 2.05) is 24.3 Å².